The van der Waals surface area contributed by atoms with Crippen LogP contribution in [0.5, 0.6) is 0 Å². The van der Waals surface area contributed by atoms with E-state index in [1.807, 2.05) is 0 Å². The largest absolute Gasteiger partial charge is 0.330 e. The first-order valence-corrected chi connectivity index (χ1v) is 5.63. The first kappa shape index (κ1) is 12.9. The number of halogens is 2. The van der Waals surface area contributed by atoms with Gasteiger partial charge in [0.05, 0.1) is 4.92 Å². The molecular formula is C12H14F2N2O2. The Labute approximate surface area is 103 Å². The molecule has 18 heavy (non-hydrogen) atoms. The molecule has 2 N–H and O–H groups in total. The first-order chi connectivity index (χ1) is 8.30. The summed E-state index contributed by atoms with van der Waals surface area (Å²) in [5, 5.41) is 10.7. The normalized spacial score (nSPS) is 20.2. The van der Waals surface area contributed by atoms with Gasteiger partial charge in [-0.05, 0) is 18.1 Å². The SMILES string of the molecule is Cc1ccc([N+](=O)[O-])cc1C1(CN)CC(F)(F)C1. The van der Waals surface area contributed by atoms with E-state index in [4.69, 9.17) is 5.73 Å². The van der Waals surface area contributed by atoms with Gasteiger partial charge in [0.15, 0.2) is 0 Å². The van der Waals surface area contributed by atoms with Crippen molar-refractivity contribution in [3.63, 3.8) is 0 Å². The number of aryl methyl sites for hydroxylation is 1. The van der Waals surface area contributed by atoms with E-state index < -0.39 is 16.3 Å². The summed E-state index contributed by atoms with van der Waals surface area (Å²) in [6.45, 7) is 1.83. The van der Waals surface area contributed by atoms with Crippen molar-refractivity contribution >= 4 is 5.69 Å². The number of alkyl halides is 2. The standard InChI is InChI=1S/C12H14F2N2O2/c1-8-2-3-9(16(17)18)4-10(8)11(7-15)5-12(13,14)6-11/h2-4H,5-7,15H2,1H3. The molecule has 0 bridgehead atoms. The maximum atomic E-state index is 13.1. The number of rotatable bonds is 3. The molecule has 1 fully saturated rings. The average Bonchev–Trinajstić information content (AvgIpc) is 2.25. The molecule has 2 rings (SSSR count). The van der Waals surface area contributed by atoms with Crippen molar-refractivity contribution in [2.75, 3.05) is 6.54 Å². The highest BCUT2D eigenvalue weighted by atomic mass is 19.3. The lowest BCUT2D eigenvalue weighted by Crippen LogP contribution is -2.54. The van der Waals surface area contributed by atoms with E-state index >= 15 is 0 Å². The van der Waals surface area contributed by atoms with Crippen molar-refractivity contribution in [2.24, 2.45) is 5.73 Å². The molecule has 0 saturated heterocycles. The number of nitrogens with zero attached hydrogens (tertiary/aromatic N) is 1. The second-order valence-corrected chi connectivity index (χ2v) is 4.95. The molecule has 1 aromatic rings. The summed E-state index contributed by atoms with van der Waals surface area (Å²) in [7, 11) is 0. The van der Waals surface area contributed by atoms with Gasteiger partial charge in [-0.1, -0.05) is 6.07 Å². The van der Waals surface area contributed by atoms with Crippen LogP contribution in [0.4, 0.5) is 14.5 Å². The number of nitro groups is 1. The number of nitrogens with two attached hydrogens (primary N) is 1. The molecule has 1 aliphatic carbocycles. The molecule has 0 spiro atoms. The summed E-state index contributed by atoms with van der Waals surface area (Å²) in [6, 6.07) is 4.33. The zero-order chi connectivity index (χ0) is 13.6. The number of hydrogen-bond donors (Lipinski definition) is 1. The van der Waals surface area contributed by atoms with Crippen LogP contribution < -0.4 is 5.73 Å². The fourth-order valence-corrected chi connectivity index (χ4v) is 2.68. The number of non-ortho nitro benzene ring substituents is 1. The smallest absolute Gasteiger partial charge is 0.269 e. The van der Waals surface area contributed by atoms with E-state index in [-0.39, 0.29) is 25.1 Å². The Morgan fingerprint density at radius 2 is 2.06 bits per heavy atom. The molecule has 1 saturated carbocycles. The predicted octanol–water partition coefficient (Wildman–Crippen LogP) is 2.53. The second kappa shape index (κ2) is 3.98. The molecule has 0 radical (unpaired) electrons. The zero-order valence-corrected chi connectivity index (χ0v) is 9.95. The van der Waals surface area contributed by atoms with Crippen LogP contribution in [-0.2, 0) is 5.41 Å². The quantitative estimate of drug-likeness (QED) is 0.667. The summed E-state index contributed by atoms with van der Waals surface area (Å²) in [6.07, 6.45) is -0.670. The molecule has 0 amide bonds. The average molecular weight is 256 g/mol. The Balaban J connectivity index is 2.43. The topological polar surface area (TPSA) is 69.2 Å². The van der Waals surface area contributed by atoms with Crippen molar-refractivity contribution in [1.29, 1.82) is 0 Å². The Hall–Kier alpha value is -1.56. The van der Waals surface area contributed by atoms with E-state index in [9.17, 15) is 18.9 Å². The van der Waals surface area contributed by atoms with E-state index in [1.54, 1.807) is 13.0 Å². The lowest BCUT2D eigenvalue weighted by atomic mass is 9.61. The fraction of sp³-hybridized carbons (Fsp3) is 0.500. The maximum absolute atomic E-state index is 13.1. The molecular weight excluding hydrogens is 242 g/mol. The minimum Gasteiger partial charge on any atom is -0.330 e. The highest BCUT2D eigenvalue weighted by molar-refractivity contribution is 5.45. The van der Waals surface area contributed by atoms with Gasteiger partial charge in [-0.2, -0.15) is 0 Å². The van der Waals surface area contributed by atoms with Gasteiger partial charge >= 0.3 is 0 Å². The molecule has 1 aromatic carbocycles. The molecule has 98 valence electrons. The predicted molar refractivity (Wildman–Crippen MR) is 62.7 cm³/mol. The van der Waals surface area contributed by atoms with Crippen molar-refractivity contribution < 1.29 is 13.7 Å². The van der Waals surface area contributed by atoms with Crippen molar-refractivity contribution in [3.05, 3.63) is 39.4 Å². The monoisotopic (exact) mass is 256 g/mol. The van der Waals surface area contributed by atoms with E-state index in [2.05, 4.69) is 0 Å². The van der Waals surface area contributed by atoms with Gasteiger partial charge in [0, 0.05) is 36.9 Å². The van der Waals surface area contributed by atoms with Gasteiger partial charge < -0.3 is 5.73 Å². The Kier molecular flexibility index (Phi) is 2.85. The van der Waals surface area contributed by atoms with Gasteiger partial charge in [0.2, 0.25) is 5.92 Å². The second-order valence-electron chi connectivity index (χ2n) is 4.95. The Morgan fingerprint density at radius 3 is 2.50 bits per heavy atom. The highest BCUT2D eigenvalue weighted by Crippen LogP contribution is 2.53. The lowest BCUT2D eigenvalue weighted by molar-refractivity contribution is -0.385. The van der Waals surface area contributed by atoms with Gasteiger partial charge in [0.1, 0.15) is 0 Å². The lowest BCUT2D eigenvalue weighted by Gasteiger charge is -2.47. The number of nitro benzene ring substituents is 1. The molecule has 6 heteroatoms. The van der Waals surface area contributed by atoms with Crippen LogP contribution in [0.25, 0.3) is 0 Å². The Morgan fingerprint density at radius 1 is 1.44 bits per heavy atom. The van der Waals surface area contributed by atoms with E-state index in [0.29, 0.717) is 5.56 Å². The molecule has 0 aliphatic heterocycles. The third-order valence-electron chi connectivity index (χ3n) is 3.59. The van der Waals surface area contributed by atoms with Crippen LogP contribution in [0.3, 0.4) is 0 Å². The van der Waals surface area contributed by atoms with Gasteiger partial charge in [-0.3, -0.25) is 10.1 Å². The summed E-state index contributed by atoms with van der Waals surface area (Å²) in [4.78, 5) is 10.2. The summed E-state index contributed by atoms with van der Waals surface area (Å²) >= 11 is 0. The Bertz CT molecular complexity index is 495. The van der Waals surface area contributed by atoms with Crippen molar-refractivity contribution in [1.82, 2.24) is 0 Å². The van der Waals surface area contributed by atoms with Crippen LogP contribution in [0.2, 0.25) is 0 Å². The van der Waals surface area contributed by atoms with Crippen molar-refractivity contribution in [3.8, 4) is 0 Å². The van der Waals surface area contributed by atoms with Crippen molar-refractivity contribution in [2.45, 2.75) is 31.1 Å². The fourth-order valence-electron chi connectivity index (χ4n) is 2.68. The molecule has 0 aromatic heterocycles. The molecule has 0 atom stereocenters. The zero-order valence-electron chi connectivity index (χ0n) is 9.95. The summed E-state index contributed by atoms with van der Waals surface area (Å²) in [5.41, 5.74) is 6.05. The maximum Gasteiger partial charge on any atom is 0.269 e. The van der Waals surface area contributed by atoms with Crippen LogP contribution >= 0.6 is 0 Å². The minimum atomic E-state index is -2.71. The van der Waals surface area contributed by atoms with Crippen LogP contribution in [0, 0.1) is 17.0 Å². The van der Waals surface area contributed by atoms with Crippen LogP contribution in [0.15, 0.2) is 18.2 Å². The third kappa shape index (κ3) is 1.96. The van der Waals surface area contributed by atoms with E-state index in [1.165, 1.54) is 12.1 Å². The molecule has 4 nitrogen and oxygen atoms in total. The first-order valence-electron chi connectivity index (χ1n) is 5.63. The number of hydrogen-bond acceptors (Lipinski definition) is 3. The summed E-state index contributed by atoms with van der Waals surface area (Å²) < 4.78 is 26.2. The molecule has 1 aliphatic rings. The summed E-state index contributed by atoms with van der Waals surface area (Å²) in [5.74, 6) is -2.71. The van der Waals surface area contributed by atoms with E-state index in [0.717, 1.165) is 5.56 Å². The number of benzene rings is 1. The molecule has 0 heterocycles. The van der Waals surface area contributed by atoms with Gasteiger partial charge in [-0.25, -0.2) is 8.78 Å². The third-order valence-corrected chi connectivity index (χ3v) is 3.59. The highest BCUT2D eigenvalue weighted by Gasteiger charge is 2.57. The van der Waals surface area contributed by atoms with Crippen LogP contribution in [-0.4, -0.2) is 17.4 Å². The van der Waals surface area contributed by atoms with Gasteiger partial charge in [0.25, 0.3) is 5.69 Å². The van der Waals surface area contributed by atoms with Gasteiger partial charge in [-0.15, -0.1) is 0 Å². The van der Waals surface area contributed by atoms with Crippen LogP contribution in [0.1, 0.15) is 24.0 Å². The molecule has 0 unspecified atom stereocenters. The minimum absolute atomic E-state index is 0.0740.